The third-order valence-corrected chi connectivity index (χ3v) is 5.12. The van der Waals surface area contributed by atoms with E-state index in [-0.39, 0.29) is 18.0 Å². The van der Waals surface area contributed by atoms with E-state index in [0.29, 0.717) is 0 Å². The lowest BCUT2D eigenvalue weighted by Crippen LogP contribution is -2.47. The van der Waals surface area contributed by atoms with E-state index in [1.54, 1.807) is 0 Å². The van der Waals surface area contributed by atoms with Gasteiger partial charge in [-0.2, -0.15) is 0 Å². The molecule has 2 aromatic rings. The summed E-state index contributed by atoms with van der Waals surface area (Å²) < 4.78 is 0. The fourth-order valence-electron chi connectivity index (χ4n) is 3.63. The second-order valence-corrected chi connectivity index (χ2v) is 7.38. The van der Waals surface area contributed by atoms with Gasteiger partial charge < -0.3 is 10.2 Å². The summed E-state index contributed by atoms with van der Waals surface area (Å²) in [7, 11) is 3.92. The van der Waals surface area contributed by atoms with E-state index in [4.69, 9.17) is 0 Å². The van der Waals surface area contributed by atoms with E-state index in [2.05, 4.69) is 65.7 Å². The molecule has 1 unspecified atom stereocenters. The van der Waals surface area contributed by atoms with E-state index in [0.717, 1.165) is 31.5 Å². The van der Waals surface area contributed by atoms with Gasteiger partial charge in [0.15, 0.2) is 0 Å². The molecule has 1 heterocycles. The van der Waals surface area contributed by atoms with Gasteiger partial charge in [-0.25, -0.2) is 0 Å². The normalized spacial score (nSPS) is 16.5. The van der Waals surface area contributed by atoms with Crippen molar-refractivity contribution < 1.29 is 4.79 Å². The second kappa shape index (κ2) is 8.37. The molecule has 1 N–H and O–H groups in total. The summed E-state index contributed by atoms with van der Waals surface area (Å²) in [5, 5.41) is 3.28. The molecule has 1 aliphatic heterocycles. The minimum Gasteiger partial charge on any atom is -0.371 e. The molecule has 3 rings (SSSR count). The van der Waals surface area contributed by atoms with Gasteiger partial charge in [0, 0.05) is 24.8 Å². The highest BCUT2D eigenvalue weighted by molar-refractivity contribution is 5.83. The minimum absolute atomic E-state index is 0.0945. The molecule has 138 valence electrons. The van der Waals surface area contributed by atoms with Crippen LogP contribution < -0.4 is 10.2 Å². The Bertz CT molecular complexity index is 704. The highest BCUT2D eigenvalue weighted by Crippen LogP contribution is 2.22. The van der Waals surface area contributed by atoms with Crippen molar-refractivity contribution in [3.8, 4) is 0 Å². The maximum atomic E-state index is 12.9. The van der Waals surface area contributed by atoms with Crippen molar-refractivity contribution in [2.24, 2.45) is 0 Å². The van der Waals surface area contributed by atoms with Crippen molar-refractivity contribution in [2.75, 3.05) is 32.1 Å². The molecule has 4 heteroatoms. The minimum atomic E-state index is -0.247. The molecule has 0 aliphatic carbocycles. The summed E-state index contributed by atoms with van der Waals surface area (Å²) in [6, 6.07) is 18.7. The maximum absolute atomic E-state index is 12.9. The van der Waals surface area contributed by atoms with Crippen LogP contribution in [0.5, 0.6) is 0 Å². The predicted octanol–water partition coefficient (Wildman–Crippen LogP) is 3.38. The van der Waals surface area contributed by atoms with Crippen LogP contribution in [0.4, 0.5) is 5.69 Å². The number of benzene rings is 2. The van der Waals surface area contributed by atoms with Crippen molar-refractivity contribution in [3.05, 3.63) is 65.7 Å². The van der Waals surface area contributed by atoms with E-state index >= 15 is 0 Å². The molecule has 0 bridgehead atoms. The summed E-state index contributed by atoms with van der Waals surface area (Å²) in [5.74, 6) is 0.0945. The third-order valence-electron chi connectivity index (χ3n) is 5.12. The molecule has 26 heavy (non-hydrogen) atoms. The van der Waals surface area contributed by atoms with Crippen molar-refractivity contribution in [1.82, 2.24) is 10.2 Å². The molecule has 1 aliphatic rings. The number of likely N-dealkylation sites (N-methyl/N-ethyl adjacent to an activating group) is 1. The number of rotatable bonds is 5. The molecule has 1 saturated heterocycles. The Kier molecular flexibility index (Phi) is 5.94. The Morgan fingerprint density at radius 1 is 1.04 bits per heavy atom. The van der Waals surface area contributed by atoms with Crippen LogP contribution in [0.25, 0.3) is 0 Å². The standard InChI is InChI=1S/C22H29N3O/c1-17-9-11-18(12-10-17)21(24(2)3)22(26)23-19-13-15-25(16-14-19)20-7-5-4-6-8-20/h4-12,19,21H,13-16H2,1-3H3,(H,23,26). The van der Waals surface area contributed by atoms with Crippen LogP contribution in [-0.2, 0) is 4.79 Å². The number of hydrogen-bond donors (Lipinski definition) is 1. The Balaban J connectivity index is 1.59. The van der Waals surface area contributed by atoms with Crippen molar-refractivity contribution in [1.29, 1.82) is 0 Å². The quantitative estimate of drug-likeness (QED) is 0.897. The Hall–Kier alpha value is -2.33. The third kappa shape index (κ3) is 4.44. The highest BCUT2D eigenvalue weighted by Gasteiger charge is 2.27. The number of anilines is 1. The van der Waals surface area contributed by atoms with Gasteiger partial charge in [0.25, 0.3) is 0 Å². The zero-order valence-corrected chi connectivity index (χ0v) is 16.0. The van der Waals surface area contributed by atoms with Crippen LogP contribution in [0.2, 0.25) is 0 Å². The summed E-state index contributed by atoms with van der Waals surface area (Å²) >= 11 is 0. The molecule has 4 nitrogen and oxygen atoms in total. The second-order valence-electron chi connectivity index (χ2n) is 7.38. The van der Waals surface area contributed by atoms with Crippen LogP contribution in [0, 0.1) is 6.92 Å². The summed E-state index contributed by atoms with van der Waals surface area (Å²) in [5.41, 5.74) is 3.52. The Morgan fingerprint density at radius 2 is 1.65 bits per heavy atom. The first-order valence-electron chi connectivity index (χ1n) is 9.38. The summed E-state index contributed by atoms with van der Waals surface area (Å²) in [6.07, 6.45) is 1.96. The van der Waals surface area contributed by atoms with Crippen molar-refractivity contribution >= 4 is 11.6 Å². The topological polar surface area (TPSA) is 35.6 Å². The van der Waals surface area contributed by atoms with Gasteiger partial charge in [-0.05, 0) is 51.6 Å². The van der Waals surface area contributed by atoms with E-state index < -0.39 is 0 Å². The number of carbonyl (C=O) groups excluding carboxylic acids is 1. The van der Waals surface area contributed by atoms with Crippen molar-refractivity contribution in [2.45, 2.75) is 31.8 Å². The highest BCUT2D eigenvalue weighted by atomic mass is 16.2. The maximum Gasteiger partial charge on any atom is 0.242 e. The molecule has 1 fully saturated rings. The monoisotopic (exact) mass is 351 g/mol. The number of hydrogen-bond acceptors (Lipinski definition) is 3. The Labute approximate surface area is 156 Å². The number of carbonyl (C=O) groups is 1. The SMILES string of the molecule is Cc1ccc(C(C(=O)NC2CCN(c3ccccc3)CC2)N(C)C)cc1. The fraction of sp³-hybridized carbons (Fsp3) is 0.409. The van der Waals surface area contributed by atoms with Crippen LogP contribution in [0.3, 0.4) is 0 Å². The lowest BCUT2D eigenvalue weighted by atomic mass is 10.0. The van der Waals surface area contributed by atoms with Gasteiger partial charge in [0.1, 0.15) is 6.04 Å². The molecule has 2 aromatic carbocycles. The smallest absolute Gasteiger partial charge is 0.242 e. The Morgan fingerprint density at radius 3 is 2.23 bits per heavy atom. The molecule has 0 radical (unpaired) electrons. The number of nitrogens with one attached hydrogen (secondary N) is 1. The number of nitrogens with zero attached hydrogens (tertiary/aromatic N) is 2. The number of aryl methyl sites for hydroxylation is 1. The van der Waals surface area contributed by atoms with Gasteiger partial charge >= 0.3 is 0 Å². The first kappa shape index (κ1) is 18.5. The summed E-state index contributed by atoms with van der Waals surface area (Å²) in [4.78, 5) is 17.3. The largest absolute Gasteiger partial charge is 0.371 e. The predicted molar refractivity (Wildman–Crippen MR) is 107 cm³/mol. The van der Waals surface area contributed by atoms with Gasteiger partial charge in [0.05, 0.1) is 0 Å². The zero-order chi connectivity index (χ0) is 18.5. The van der Waals surface area contributed by atoms with Crippen LogP contribution in [-0.4, -0.2) is 44.0 Å². The van der Waals surface area contributed by atoms with E-state index in [1.807, 2.05) is 25.1 Å². The first-order chi connectivity index (χ1) is 12.5. The van der Waals surface area contributed by atoms with Crippen molar-refractivity contribution in [3.63, 3.8) is 0 Å². The first-order valence-corrected chi connectivity index (χ1v) is 9.38. The van der Waals surface area contributed by atoms with Gasteiger partial charge in [-0.3, -0.25) is 9.69 Å². The molecule has 0 saturated carbocycles. The zero-order valence-electron chi connectivity index (χ0n) is 16.0. The average molecular weight is 351 g/mol. The van der Waals surface area contributed by atoms with Gasteiger partial charge in [0.2, 0.25) is 5.91 Å². The van der Waals surface area contributed by atoms with Crippen LogP contribution >= 0.6 is 0 Å². The molecule has 0 aromatic heterocycles. The lowest BCUT2D eigenvalue weighted by molar-refractivity contribution is -0.126. The molecule has 1 amide bonds. The number of piperidine rings is 1. The average Bonchev–Trinajstić information content (AvgIpc) is 2.64. The van der Waals surface area contributed by atoms with E-state index in [1.165, 1.54) is 11.3 Å². The molecule has 0 spiro atoms. The van der Waals surface area contributed by atoms with Gasteiger partial charge in [-0.15, -0.1) is 0 Å². The molecular formula is C22H29N3O. The van der Waals surface area contributed by atoms with Crippen LogP contribution in [0.15, 0.2) is 54.6 Å². The van der Waals surface area contributed by atoms with E-state index in [9.17, 15) is 4.79 Å². The fourth-order valence-corrected chi connectivity index (χ4v) is 3.63. The van der Waals surface area contributed by atoms with Gasteiger partial charge in [-0.1, -0.05) is 48.0 Å². The summed E-state index contributed by atoms with van der Waals surface area (Å²) in [6.45, 7) is 4.02. The van der Waals surface area contributed by atoms with Crippen LogP contribution in [0.1, 0.15) is 30.0 Å². The molecule has 1 atom stereocenters. The number of para-hydroxylation sites is 1. The number of amides is 1. The molecular weight excluding hydrogens is 322 g/mol. The lowest BCUT2D eigenvalue weighted by Gasteiger charge is -2.35.